The van der Waals surface area contributed by atoms with Crippen LogP contribution in [0.3, 0.4) is 0 Å². The summed E-state index contributed by atoms with van der Waals surface area (Å²) >= 11 is 0. The topological polar surface area (TPSA) is 47.0 Å². The van der Waals surface area contributed by atoms with E-state index in [1.807, 2.05) is 6.20 Å². The summed E-state index contributed by atoms with van der Waals surface area (Å²) in [6.07, 6.45) is 7.46. The standard InChI is InChI=1S/C9H12N2O2/c12-9-10-3-4-11(9)7-5-6-1-2-8(7)13-6/h3-4,6-8H,1-2,5H2,(H,10,12). The number of rotatable bonds is 1. The number of hydrogen-bond donors (Lipinski definition) is 1. The minimum Gasteiger partial charge on any atom is -0.373 e. The van der Waals surface area contributed by atoms with Crippen LogP contribution in [0.25, 0.3) is 0 Å². The molecule has 3 heterocycles. The zero-order valence-corrected chi connectivity index (χ0v) is 7.27. The monoisotopic (exact) mass is 180 g/mol. The number of hydrogen-bond acceptors (Lipinski definition) is 2. The first-order valence-electron chi connectivity index (χ1n) is 4.75. The fourth-order valence-corrected chi connectivity index (χ4v) is 2.50. The minimum atomic E-state index is -0.0128. The third-order valence-electron chi connectivity index (χ3n) is 3.11. The average molecular weight is 180 g/mol. The van der Waals surface area contributed by atoms with Crippen LogP contribution in [0.5, 0.6) is 0 Å². The van der Waals surface area contributed by atoms with Gasteiger partial charge >= 0.3 is 5.69 Å². The molecule has 0 aromatic carbocycles. The smallest absolute Gasteiger partial charge is 0.325 e. The Morgan fingerprint density at radius 2 is 2.46 bits per heavy atom. The third kappa shape index (κ3) is 0.983. The highest BCUT2D eigenvalue weighted by Gasteiger charge is 2.42. The molecule has 0 saturated carbocycles. The Bertz CT molecular complexity index is 368. The van der Waals surface area contributed by atoms with Crippen molar-refractivity contribution in [3.05, 3.63) is 22.9 Å². The van der Waals surface area contributed by atoms with Crippen molar-refractivity contribution in [1.29, 1.82) is 0 Å². The maximum Gasteiger partial charge on any atom is 0.325 e. The molecular formula is C9H12N2O2. The van der Waals surface area contributed by atoms with Gasteiger partial charge in [-0.25, -0.2) is 4.79 Å². The van der Waals surface area contributed by atoms with Crippen molar-refractivity contribution in [1.82, 2.24) is 9.55 Å². The van der Waals surface area contributed by atoms with Gasteiger partial charge in [0.15, 0.2) is 0 Å². The Labute approximate surface area is 75.5 Å². The normalized spacial score (nSPS) is 37.1. The SMILES string of the molecule is O=c1[nH]ccn1C1CC2CCC1O2. The first-order valence-corrected chi connectivity index (χ1v) is 4.75. The van der Waals surface area contributed by atoms with Crippen LogP contribution in [0.4, 0.5) is 0 Å². The molecule has 2 aliphatic rings. The predicted molar refractivity (Wildman–Crippen MR) is 46.6 cm³/mol. The highest BCUT2D eigenvalue weighted by atomic mass is 16.5. The van der Waals surface area contributed by atoms with Crippen molar-refractivity contribution in [2.24, 2.45) is 0 Å². The van der Waals surface area contributed by atoms with Gasteiger partial charge in [0, 0.05) is 12.4 Å². The van der Waals surface area contributed by atoms with E-state index >= 15 is 0 Å². The van der Waals surface area contributed by atoms with E-state index in [0.29, 0.717) is 6.10 Å². The van der Waals surface area contributed by atoms with Gasteiger partial charge in [0.2, 0.25) is 0 Å². The summed E-state index contributed by atoms with van der Waals surface area (Å²) < 4.78 is 7.46. The lowest BCUT2D eigenvalue weighted by molar-refractivity contribution is 0.0934. The van der Waals surface area contributed by atoms with Crippen LogP contribution in [-0.2, 0) is 4.74 Å². The van der Waals surface area contributed by atoms with Crippen LogP contribution < -0.4 is 5.69 Å². The quantitative estimate of drug-likeness (QED) is 0.690. The number of nitrogens with one attached hydrogen (secondary N) is 1. The van der Waals surface area contributed by atoms with Crippen LogP contribution in [0.2, 0.25) is 0 Å². The molecule has 1 aromatic heterocycles. The van der Waals surface area contributed by atoms with E-state index in [9.17, 15) is 4.79 Å². The van der Waals surface area contributed by atoms with E-state index in [-0.39, 0.29) is 17.8 Å². The Morgan fingerprint density at radius 1 is 1.54 bits per heavy atom. The molecule has 2 aliphatic heterocycles. The zero-order valence-electron chi connectivity index (χ0n) is 7.27. The van der Waals surface area contributed by atoms with Crippen LogP contribution >= 0.6 is 0 Å². The first-order chi connectivity index (χ1) is 6.34. The number of nitrogens with zero attached hydrogens (tertiary/aromatic N) is 1. The maximum atomic E-state index is 11.3. The Morgan fingerprint density at radius 3 is 3.00 bits per heavy atom. The van der Waals surface area contributed by atoms with Crippen LogP contribution in [0.1, 0.15) is 25.3 Å². The van der Waals surface area contributed by atoms with Crippen molar-refractivity contribution in [3.8, 4) is 0 Å². The van der Waals surface area contributed by atoms with Gasteiger partial charge in [0.05, 0.1) is 18.2 Å². The summed E-state index contributed by atoms with van der Waals surface area (Å²) in [7, 11) is 0. The van der Waals surface area contributed by atoms with Gasteiger partial charge in [0.1, 0.15) is 0 Å². The number of H-pyrrole nitrogens is 1. The van der Waals surface area contributed by atoms with E-state index in [1.54, 1.807) is 10.8 Å². The highest BCUT2D eigenvalue weighted by molar-refractivity contribution is 4.95. The summed E-state index contributed by atoms with van der Waals surface area (Å²) in [5.41, 5.74) is -0.0128. The molecule has 13 heavy (non-hydrogen) atoms. The molecule has 2 saturated heterocycles. The predicted octanol–water partition coefficient (Wildman–Crippen LogP) is 0.669. The summed E-state index contributed by atoms with van der Waals surface area (Å²) in [6.45, 7) is 0. The van der Waals surface area contributed by atoms with E-state index in [1.165, 1.54) is 6.42 Å². The fraction of sp³-hybridized carbons (Fsp3) is 0.667. The Kier molecular flexibility index (Phi) is 1.41. The number of fused-ring (bicyclic) bond motifs is 2. The van der Waals surface area contributed by atoms with E-state index in [2.05, 4.69) is 4.98 Å². The summed E-state index contributed by atoms with van der Waals surface area (Å²) in [5.74, 6) is 0. The lowest BCUT2D eigenvalue weighted by atomic mass is 9.95. The highest BCUT2D eigenvalue weighted by Crippen LogP contribution is 2.40. The summed E-state index contributed by atoms with van der Waals surface area (Å²) in [5, 5.41) is 0. The fourth-order valence-electron chi connectivity index (χ4n) is 2.50. The van der Waals surface area contributed by atoms with Gasteiger partial charge in [-0.15, -0.1) is 0 Å². The second-order valence-electron chi connectivity index (χ2n) is 3.85. The number of aromatic amines is 1. The van der Waals surface area contributed by atoms with Crippen molar-refractivity contribution < 1.29 is 4.74 Å². The number of imidazole rings is 1. The molecule has 1 aromatic rings. The molecule has 0 amide bonds. The average Bonchev–Trinajstić information content (AvgIpc) is 2.77. The van der Waals surface area contributed by atoms with E-state index < -0.39 is 0 Å². The van der Waals surface area contributed by atoms with E-state index in [4.69, 9.17) is 4.74 Å². The molecule has 0 aliphatic carbocycles. The molecule has 2 fully saturated rings. The molecule has 2 bridgehead atoms. The molecule has 3 atom stereocenters. The second-order valence-corrected chi connectivity index (χ2v) is 3.85. The lowest BCUT2D eigenvalue weighted by Gasteiger charge is -2.18. The van der Waals surface area contributed by atoms with Gasteiger partial charge in [-0.1, -0.05) is 0 Å². The van der Waals surface area contributed by atoms with Crippen molar-refractivity contribution in [2.75, 3.05) is 0 Å². The lowest BCUT2D eigenvalue weighted by Crippen LogP contribution is -2.28. The van der Waals surface area contributed by atoms with Crippen LogP contribution in [-0.4, -0.2) is 21.8 Å². The van der Waals surface area contributed by atoms with Gasteiger partial charge in [-0.3, -0.25) is 4.57 Å². The molecule has 0 radical (unpaired) electrons. The molecule has 70 valence electrons. The third-order valence-corrected chi connectivity index (χ3v) is 3.11. The van der Waals surface area contributed by atoms with Gasteiger partial charge in [0.25, 0.3) is 0 Å². The van der Waals surface area contributed by atoms with Crippen molar-refractivity contribution in [2.45, 2.75) is 37.5 Å². The molecule has 0 spiro atoms. The van der Waals surface area contributed by atoms with Crippen LogP contribution in [0, 0.1) is 0 Å². The summed E-state index contributed by atoms with van der Waals surface area (Å²) in [6, 6.07) is 0.275. The molecular weight excluding hydrogens is 168 g/mol. The van der Waals surface area contributed by atoms with Crippen molar-refractivity contribution in [3.63, 3.8) is 0 Å². The second kappa shape index (κ2) is 2.48. The molecule has 4 heteroatoms. The summed E-state index contributed by atoms with van der Waals surface area (Å²) in [4.78, 5) is 14.0. The zero-order chi connectivity index (χ0) is 8.84. The molecule has 3 unspecified atom stereocenters. The Hall–Kier alpha value is -1.03. The first kappa shape index (κ1) is 7.38. The van der Waals surface area contributed by atoms with Gasteiger partial charge in [-0.2, -0.15) is 0 Å². The van der Waals surface area contributed by atoms with Crippen molar-refractivity contribution >= 4 is 0 Å². The molecule has 3 rings (SSSR count). The maximum absolute atomic E-state index is 11.3. The molecule has 4 nitrogen and oxygen atoms in total. The van der Waals surface area contributed by atoms with Crippen LogP contribution in [0.15, 0.2) is 17.2 Å². The minimum absolute atomic E-state index is 0.0128. The molecule has 1 N–H and O–H groups in total. The number of ether oxygens (including phenoxy) is 1. The number of aromatic nitrogens is 2. The van der Waals surface area contributed by atoms with Gasteiger partial charge < -0.3 is 9.72 Å². The van der Waals surface area contributed by atoms with Gasteiger partial charge in [-0.05, 0) is 19.3 Å². The Balaban J connectivity index is 1.95. The largest absolute Gasteiger partial charge is 0.373 e. The van der Waals surface area contributed by atoms with E-state index in [0.717, 1.165) is 12.8 Å².